The Kier molecular flexibility index (Phi) is 5.17. The average Bonchev–Trinajstić information content (AvgIpc) is 2.64. The number of benzene rings is 2. The summed E-state index contributed by atoms with van der Waals surface area (Å²) in [5.74, 6) is 0.178. The fourth-order valence-corrected chi connectivity index (χ4v) is 3.03. The molecular weight excluding hydrogens is 312 g/mol. The average molecular weight is 336 g/mol. The summed E-state index contributed by atoms with van der Waals surface area (Å²) in [6, 6.07) is 15.7. The van der Waals surface area contributed by atoms with Gasteiger partial charge in [0.2, 0.25) is 5.91 Å². The number of hydrogen-bond donors (Lipinski definition) is 0. The number of rotatable bonds is 3. The van der Waals surface area contributed by atoms with Crippen LogP contribution >= 0.6 is 0 Å². The fourth-order valence-electron chi connectivity index (χ4n) is 3.03. The van der Waals surface area contributed by atoms with Crippen LogP contribution in [0, 0.1) is 13.8 Å². The summed E-state index contributed by atoms with van der Waals surface area (Å²) in [6.07, 6.45) is 0.423. The molecule has 130 valence electrons. The van der Waals surface area contributed by atoms with Gasteiger partial charge in [0.1, 0.15) is 0 Å². The third kappa shape index (κ3) is 4.27. The van der Waals surface area contributed by atoms with E-state index in [1.165, 1.54) is 5.56 Å². The van der Waals surface area contributed by atoms with Crippen molar-refractivity contribution in [2.24, 2.45) is 0 Å². The van der Waals surface area contributed by atoms with Crippen LogP contribution in [0.1, 0.15) is 27.0 Å². The lowest BCUT2D eigenvalue weighted by molar-refractivity contribution is -0.131. The summed E-state index contributed by atoms with van der Waals surface area (Å²) in [4.78, 5) is 28.7. The van der Waals surface area contributed by atoms with Crippen molar-refractivity contribution < 1.29 is 9.59 Å². The van der Waals surface area contributed by atoms with Crippen molar-refractivity contribution in [2.75, 3.05) is 26.2 Å². The second kappa shape index (κ2) is 7.51. The molecule has 0 N–H and O–H groups in total. The van der Waals surface area contributed by atoms with Crippen molar-refractivity contribution in [1.29, 1.82) is 0 Å². The van der Waals surface area contributed by atoms with Crippen LogP contribution in [0.5, 0.6) is 0 Å². The molecule has 0 spiro atoms. The number of carbonyl (C=O) groups is 2. The quantitative estimate of drug-likeness (QED) is 0.865. The number of carbonyl (C=O) groups excluding carboxylic acids is 2. The predicted octanol–water partition coefficient (Wildman–Crippen LogP) is 2.83. The van der Waals surface area contributed by atoms with Crippen LogP contribution in [0.2, 0.25) is 0 Å². The van der Waals surface area contributed by atoms with Gasteiger partial charge in [-0.25, -0.2) is 0 Å². The van der Waals surface area contributed by atoms with Crippen LogP contribution < -0.4 is 0 Å². The number of nitrogens with zero attached hydrogens (tertiary/aromatic N) is 2. The Bertz CT molecular complexity index is 742. The molecule has 4 nitrogen and oxygen atoms in total. The molecule has 1 fully saturated rings. The molecule has 2 aromatic rings. The van der Waals surface area contributed by atoms with E-state index in [2.05, 4.69) is 0 Å². The van der Waals surface area contributed by atoms with Crippen molar-refractivity contribution in [3.63, 3.8) is 0 Å². The molecule has 0 saturated carbocycles. The minimum atomic E-state index is 0.0469. The Morgan fingerprint density at radius 3 is 1.80 bits per heavy atom. The lowest BCUT2D eigenvalue weighted by atomic mass is 10.1. The van der Waals surface area contributed by atoms with E-state index in [1.54, 1.807) is 0 Å². The molecule has 3 rings (SSSR count). The van der Waals surface area contributed by atoms with Crippen LogP contribution in [-0.4, -0.2) is 47.8 Å². The lowest BCUT2D eigenvalue weighted by Gasteiger charge is -2.35. The zero-order chi connectivity index (χ0) is 17.8. The first-order valence-electron chi connectivity index (χ1n) is 8.72. The molecule has 0 aliphatic carbocycles. The van der Waals surface area contributed by atoms with E-state index < -0.39 is 0 Å². The van der Waals surface area contributed by atoms with Gasteiger partial charge in [-0.2, -0.15) is 0 Å². The molecule has 0 aromatic heterocycles. The van der Waals surface area contributed by atoms with Crippen molar-refractivity contribution in [2.45, 2.75) is 20.3 Å². The van der Waals surface area contributed by atoms with E-state index in [4.69, 9.17) is 0 Å². The van der Waals surface area contributed by atoms with Crippen molar-refractivity contribution >= 4 is 11.8 Å². The van der Waals surface area contributed by atoms with Gasteiger partial charge in [-0.1, -0.05) is 47.5 Å². The Morgan fingerprint density at radius 1 is 0.760 bits per heavy atom. The monoisotopic (exact) mass is 336 g/mol. The van der Waals surface area contributed by atoms with Crippen LogP contribution in [-0.2, 0) is 11.2 Å². The molecule has 25 heavy (non-hydrogen) atoms. The molecule has 1 aliphatic rings. The van der Waals surface area contributed by atoms with Gasteiger partial charge in [0.15, 0.2) is 0 Å². The highest BCUT2D eigenvalue weighted by atomic mass is 16.2. The second-order valence-corrected chi connectivity index (χ2v) is 6.70. The number of aryl methyl sites for hydroxylation is 2. The first-order valence-corrected chi connectivity index (χ1v) is 8.72. The van der Waals surface area contributed by atoms with Crippen molar-refractivity contribution in [3.8, 4) is 0 Å². The maximum atomic E-state index is 12.5. The third-order valence-electron chi connectivity index (χ3n) is 4.69. The molecule has 0 unspecified atom stereocenters. The zero-order valence-corrected chi connectivity index (χ0v) is 14.9. The van der Waals surface area contributed by atoms with Gasteiger partial charge in [-0.15, -0.1) is 0 Å². The summed E-state index contributed by atoms with van der Waals surface area (Å²) in [7, 11) is 0. The van der Waals surface area contributed by atoms with E-state index in [9.17, 15) is 9.59 Å². The standard InChI is InChI=1S/C21H24N2O2/c1-16-3-7-18(8-4-16)15-20(24)22-11-13-23(14-12-22)21(25)19-9-5-17(2)6-10-19/h3-10H,11-15H2,1-2H3. The highest BCUT2D eigenvalue weighted by molar-refractivity contribution is 5.94. The van der Waals surface area contributed by atoms with Crippen molar-refractivity contribution in [1.82, 2.24) is 9.80 Å². The summed E-state index contributed by atoms with van der Waals surface area (Å²) in [5.41, 5.74) is 4.08. The molecule has 1 aliphatic heterocycles. The third-order valence-corrected chi connectivity index (χ3v) is 4.69. The van der Waals surface area contributed by atoms with Crippen LogP contribution in [0.25, 0.3) is 0 Å². The summed E-state index contributed by atoms with van der Waals surface area (Å²) >= 11 is 0. The normalized spacial score (nSPS) is 14.5. The highest BCUT2D eigenvalue weighted by Gasteiger charge is 2.24. The molecule has 0 radical (unpaired) electrons. The van der Waals surface area contributed by atoms with Gasteiger partial charge in [-0.05, 0) is 31.5 Å². The van der Waals surface area contributed by atoms with E-state index in [1.807, 2.05) is 72.2 Å². The van der Waals surface area contributed by atoms with E-state index in [0.717, 1.165) is 11.1 Å². The van der Waals surface area contributed by atoms with Gasteiger partial charge in [0.05, 0.1) is 6.42 Å². The molecular formula is C21H24N2O2. The molecule has 1 heterocycles. The van der Waals surface area contributed by atoms with Crippen LogP contribution in [0.3, 0.4) is 0 Å². The minimum absolute atomic E-state index is 0.0469. The Hall–Kier alpha value is -2.62. The largest absolute Gasteiger partial charge is 0.339 e. The van der Waals surface area contributed by atoms with Gasteiger partial charge >= 0.3 is 0 Å². The number of hydrogen-bond acceptors (Lipinski definition) is 2. The first-order chi connectivity index (χ1) is 12.0. The van der Waals surface area contributed by atoms with Gasteiger partial charge in [0, 0.05) is 31.7 Å². The SMILES string of the molecule is Cc1ccc(CC(=O)N2CCN(C(=O)c3ccc(C)cc3)CC2)cc1. The first kappa shape index (κ1) is 17.2. The lowest BCUT2D eigenvalue weighted by Crippen LogP contribution is -2.51. The van der Waals surface area contributed by atoms with Crippen LogP contribution in [0.15, 0.2) is 48.5 Å². The number of amides is 2. The molecule has 0 bridgehead atoms. The van der Waals surface area contributed by atoms with E-state index >= 15 is 0 Å². The smallest absolute Gasteiger partial charge is 0.253 e. The molecule has 2 aromatic carbocycles. The Balaban J connectivity index is 1.54. The molecule has 4 heteroatoms. The molecule has 2 amide bonds. The van der Waals surface area contributed by atoms with Crippen LogP contribution in [0.4, 0.5) is 0 Å². The van der Waals surface area contributed by atoms with Gasteiger partial charge in [-0.3, -0.25) is 9.59 Å². The Morgan fingerprint density at radius 2 is 1.24 bits per heavy atom. The summed E-state index contributed by atoms with van der Waals surface area (Å²) in [6.45, 7) is 6.42. The van der Waals surface area contributed by atoms with Gasteiger partial charge in [0.25, 0.3) is 5.91 Å². The zero-order valence-electron chi connectivity index (χ0n) is 14.9. The molecule has 0 atom stereocenters. The van der Waals surface area contributed by atoms with E-state index in [0.29, 0.717) is 38.2 Å². The maximum absolute atomic E-state index is 12.5. The molecule has 1 saturated heterocycles. The Labute approximate surface area is 149 Å². The number of piperazine rings is 1. The summed E-state index contributed by atoms with van der Waals surface area (Å²) in [5, 5.41) is 0. The topological polar surface area (TPSA) is 40.6 Å². The maximum Gasteiger partial charge on any atom is 0.253 e. The van der Waals surface area contributed by atoms with E-state index in [-0.39, 0.29) is 11.8 Å². The van der Waals surface area contributed by atoms with Gasteiger partial charge < -0.3 is 9.80 Å². The minimum Gasteiger partial charge on any atom is -0.339 e. The van der Waals surface area contributed by atoms with Crippen molar-refractivity contribution in [3.05, 3.63) is 70.8 Å². The second-order valence-electron chi connectivity index (χ2n) is 6.70. The fraction of sp³-hybridized carbons (Fsp3) is 0.333. The summed E-state index contributed by atoms with van der Waals surface area (Å²) < 4.78 is 0. The highest BCUT2D eigenvalue weighted by Crippen LogP contribution is 2.12. The predicted molar refractivity (Wildman–Crippen MR) is 98.5 cm³/mol.